The zero-order valence-electron chi connectivity index (χ0n) is 9.53. The van der Waals surface area contributed by atoms with Crippen LogP contribution in [0.4, 0.5) is 0 Å². The summed E-state index contributed by atoms with van der Waals surface area (Å²) >= 11 is 0. The molecule has 2 rings (SSSR count). The zero-order chi connectivity index (χ0) is 12.5. The van der Waals surface area contributed by atoms with E-state index >= 15 is 0 Å². The normalized spacial score (nSPS) is 11.6. The summed E-state index contributed by atoms with van der Waals surface area (Å²) in [6.07, 6.45) is 0. The lowest BCUT2D eigenvalue weighted by atomic mass is 10.2. The molecule has 1 heterocycles. The summed E-state index contributed by atoms with van der Waals surface area (Å²) in [7, 11) is -1.80. The lowest BCUT2D eigenvalue weighted by Gasteiger charge is -2.01. The van der Waals surface area contributed by atoms with E-state index in [1.807, 2.05) is 6.92 Å². The highest BCUT2D eigenvalue weighted by Crippen LogP contribution is 2.14. The third kappa shape index (κ3) is 2.68. The van der Waals surface area contributed by atoms with Gasteiger partial charge >= 0.3 is 0 Å². The maximum atomic E-state index is 12.0. The molecule has 1 aromatic carbocycles. The van der Waals surface area contributed by atoms with Gasteiger partial charge in [0, 0.05) is 0 Å². The standard InChI is InChI=1S/C10H12N4O2S/c1-8-3-5-9(6-4-8)17(15,16)7-10-11-13-14(2)12-10/h3-6H,7H2,1-2H3. The second kappa shape index (κ2) is 4.25. The van der Waals surface area contributed by atoms with Crippen molar-refractivity contribution in [3.05, 3.63) is 35.7 Å². The van der Waals surface area contributed by atoms with E-state index < -0.39 is 9.84 Å². The first-order chi connectivity index (χ1) is 7.97. The van der Waals surface area contributed by atoms with E-state index in [0.717, 1.165) is 5.56 Å². The molecule has 0 aliphatic carbocycles. The average Bonchev–Trinajstić information content (AvgIpc) is 2.63. The number of sulfone groups is 1. The van der Waals surface area contributed by atoms with Gasteiger partial charge in [0.25, 0.3) is 0 Å². The van der Waals surface area contributed by atoms with Gasteiger partial charge in [0.2, 0.25) is 0 Å². The highest BCUT2D eigenvalue weighted by molar-refractivity contribution is 7.90. The first-order valence-corrected chi connectivity index (χ1v) is 6.65. The monoisotopic (exact) mass is 252 g/mol. The second-order valence-electron chi connectivity index (χ2n) is 3.77. The average molecular weight is 252 g/mol. The molecule has 0 radical (unpaired) electrons. The predicted molar refractivity (Wildman–Crippen MR) is 60.9 cm³/mol. The van der Waals surface area contributed by atoms with Gasteiger partial charge in [0.15, 0.2) is 15.7 Å². The SMILES string of the molecule is Cc1ccc(S(=O)(=O)Cc2nnn(C)n2)cc1. The molecule has 90 valence electrons. The van der Waals surface area contributed by atoms with E-state index in [0.29, 0.717) is 0 Å². The Labute approximate surface area is 99.2 Å². The van der Waals surface area contributed by atoms with Gasteiger partial charge in [-0.25, -0.2) is 8.42 Å². The third-order valence-corrected chi connectivity index (χ3v) is 3.88. The summed E-state index contributed by atoms with van der Waals surface area (Å²) in [5.41, 5.74) is 1.02. The topological polar surface area (TPSA) is 77.7 Å². The van der Waals surface area contributed by atoms with Crippen molar-refractivity contribution in [1.29, 1.82) is 0 Å². The number of benzene rings is 1. The Morgan fingerprint density at radius 2 is 1.88 bits per heavy atom. The second-order valence-corrected chi connectivity index (χ2v) is 5.76. The van der Waals surface area contributed by atoms with E-state index in [1.165, 1.54) is 4.80 Å². The van der Waals surface area contributed by atoms with Gasteiger partial charge in [-0.3, -0.25) is 0 Å². The number of tetrazole rings is 1. The van der Waals surface area contributed by atoms with Gasteiger partial charge < -0.3 is 0 Å². The van der Waals surface area contributed by atoms with Crippen LogP contribution in [0.15, 0.2) is 29.2 Å². The van der Waals surface area contributed by atoms with Crippen LogP contribution in [0, 0.1) is 6.92 Å². The number of hydrogen-bond donors (Lipinski definition) is 0. The Bertz CT molecular complexity index is 616. The van der Waals surface area contributed by atoms with Crippen molar-refractivity contribution in [2.45, 2.75) is 17.6 Å². The Kier molecular flexibility index (Phi) is 2.93. The molecule has 0 bridgehead atoms. The molecular weight excluding hydrogens is 240 g/mol. The van der Waals surface area contributed by atoms with Crippen LogP contribution < -0.4 is 0 Å². The van der Waals surface area contributed by atoms with Gasteiger partial charge in [-0.2, -0.15) is 4.80 Å². The van der Waals surface area contributed by atoms with E-state index in [2.05, 4.69) is 15.4 Å². The molecular formula is C10H12N4O2S. The number of rotatable bonds is 3. The molecule has 0 aliphatic rings. The molecule has 0 spiro atoms. The minimum atomic E-state index is -3.40. The quantitative estimate of drug-likeness (QED) is 0.794. The minimum Gasteiger partial charge on any atom is -0.223 e. The van der Waals surface area contributed by atoms with Gasteiger partial charge in [-0.1, -0.05) is 17.7 Å². The van der Waals surface area contributed by atoms with Crippen molar-refractivity contribution < 1.29 is 8.42 Å². The highest BCUT2D eigenvalue weighted by atomic mass is 32.2. The molecule has 0 saturated heterocycles. The first kappa shape index (κ1) is 11.7. The lowest BCUT2D eigenvalue weighted by molar-refractivity contribution is 0.593. The van der Waals surface area contributed by atoms with Crippen LogP contribution >= 0.6 is 0 Å². The fraction of sp³-hybridized carbons (Fsp3) is 0.300. The van der Waals surface area contributed by atoms with Gasteiger partial charge in [-0.05, 0) is 24.3 Å². The van der Waals surface area contributed by atoms with Crippen molar-refractivity contribution in [1.82, 2.24) is 20.2 Å². The molecule has 0 saturated carbocycles. The molecule has 0 N–H and O–H groups in total. The Morgan fingerprint density at radius 3 is 2.41 bits per heavy atom. The molecule has 17 heavy (non-hydrogen) atoms. The Morgan fingerprint density at radius 1 is 1.24 bits per heavy atom. The van der Waals surface area contributed by atoms with Crippen LogP contribution in [0.2, 0.25) is 0 Å². The van der Waals surface area contributed by atoms with Crippen LogP contribution in [-0.4, -0.2) is 28.6 Å². The van der Waals surface area contributed by atoms with Gasteiger partial charge in [0.1, 0.15) is 5.75 Å². The largest absolute Gasteiger partial charge is 0.223 e. The summed E-state index contributed by atoms with van der Waals surface area (Å²) in [6, 6.07) is 6.69. The summed E-state index contributed by atoms with van der Waals surface area (Å²) in [6.45, 7) is 1.90. The lowest BCUT2D eigenvalue weighted by Crippen LogP contribution is -2.06. The molecule has 0 amide bonds. The van der Waals surface area contributed by atoms with Gasteiger partial charge in [-0.15, -0.1) is 10.2 Å². The van der Waals surface area contributed by atoms with Crippen molar-refractivity contribution in [2.24, 2.45) is 7.05 Å². The number of aromatic nitrogens is 4. The minimum absolute atomic E-state index is 0.202. The van der Waals surface area contributed by atoms with Crippen LogP contribution in [0.25, 0.3) is 0 Å². The van der Waals surface area contributed by atoms with E-state index in [4.69, 9.17) is 0 Å². The van der Waals surface area contributed by atoms with Gasteiger partial charge in [0.05, 0.1) is 11.9 Å². The van der Waals surface area contributed by atoms with Crippen molar-refractivity contribution >= 4 is 9.84 Å². The van der Waals surface area contributed by atoms with E-state index in [9.17, 15) is 8.42 Å². The number of hydrogen-bond acceptors (Lipinski definition) is 5. The summed E-state index contributed by atoms with van der Waals surface area (Å²) in [5, 5.41) is 11.1. The number of aryl methyl sites for hydroxylation is 2. The fourth-order valence-electron chi connectivity index (χ4n) is 1.38. The number of nitrogens with zero attached hydrogens (tertiary/aromatic N) is 4. The maximum absolute atomic E-state index is 12.0. The predicted octanol–water partition coefficient (Wildman–Crippen LogP) is 0.492. The molecule has 0 aliphatic heterocycles. The molecule has 2 aromatic rings. The molecule has 0 atom stereocenters. The van der Waals surface area contributed by atoms with E-state index in [-0.39, 0.29) is 16.5 Å². The summed E-state index contributed by atoms with van der Waals surface area (Å²) in [5.74, 6) is -0.0303. The smallest absolute Gasteiger partial charge is 0.190 e. The van der Waals surface area contributed by atoms with Crippen LogP contribution in [-0.2, 0) is 22.6 Å². The molecule has 7 heteroatoms. The molecule has 6 nitrogen and oxygen atoms in total. The summed E-state index contributed by atoms with van der Waals surface area (Å²) in [4.78, 5) is 1.51. The molecule has 1 aromatic heterocycles. The van der Waals surface area contributed by atoms with Crippen LogP contribution in [0.5, 0.6) is 0 Å². The van der Waals surface area contributed by atoms with E-state index in [1.54, 1.807) is 31.3 Å². The Balaban J connectivity index is 2.28. The highest BCUT2D eigenvalue weighted by Gasteiger charge is 2.18. The van der Waals surface area contributed by atoms with Crippen molar-refractivity contribution in [3.63, 3.8) is 0 Å². The van der Waals surface area contributed by atoms with Crippen LogP contribution in [0.3, 0.4) is 0 Å². The van der Waals surface area contributed by atoms with Crippen LogP contribution in [0.1, 0.15) is 11.4 Å². The maximum Gasteiger partial charge on any atom is 0.190 e. The summed E-state index contributed by atoms with van der Waals surface area (Å²) < 4.78 is 24.0. The molecule has 0 unspecified atom stereocenters. The fourth-order valence-corrected chi connectivity index (χ4v) is 2.55. The van der Waals surface area contributed by atoms with Crippen molar-refractivity contribution in [2.75, 3.05) is 0 Å². The van der Waals surface area contributed by atoms with Crippen molar-refractivity contribution in [3.8, 4) is 0 Å². The zero-order valence-corrected chi connectivity index (χ0v) is 10.3. The molecule has 0 fully saturated rings. The first-order valence-electron chi connectivity index (χ1n) is 5.00. The third-order valence-electron chi connectivity index (χ3n) is 2.25. The Hall–Kier alpha value is -1.76.